The molecule has 1 aliphatic heterocycles. The Labute approximate surface area is 210 Å². The largest absolute Gasteiger partial charge is 0.385 e. The van der Waals surface area contributed by atoms with E-state index >= 15 is 0 Å². The second-order valence-corrected chi connectivity index (χ2v) is 9.25. The van der Waals surface area contributed by atoms with E-state index in [1.165, 1.54) is 32.6 Å². The number of rotatable bonds is 6. The zero-order valence-corrected chi connectivity index (χ0v) is 20.9. The van der Waals surface area contributed by atoms with Gasteiger partial charge < -0.3 is 15.4 Å². The molecule has 0 unspecified atom stereocenters. The number of benzene rings is 1. The van der Waals surface area contributed by atoms with E-state index in [0.29, 0.717) is 17.7 Å². The molecule has 5 rings (SSSR count). The van der Waals surface area contributed by atoms with Crippen LogP contribution < -0.4 is 15.4 Å². The molecule has 9 heteroatoms. The Bertz CT molecular complexity index is 1200. The van der Waals surface area contributed by atoms with Gasteiger partial charge in [-0.1, -0.05) is 38.0 Å². The Kier molecular flexibility index (Phi) is 8.16. The summed E-state index contributed by atoms with van der Waals surface area (Å²) in [5.74, 6) is 2.21. The predicted molar refractivity (Wildman–Crippen MR) is 143 cm³/mol. The topological polar surface area (TPSA) is 116 Å². The molecule has 1 aromatic carbocycles. The van der Waals surface area contributed by atoms with Gasteiger partial charge in [-0.05, 0) is 49.4 Å². The highest BCUT2D eigenvalue weighted by Gasteiger charge is 2.35. The third-order valence-electron chi connectivity index (χ3n) is 6.11. The SMILES string of the molecule is CC#N.CC[C@@H]1C(N)=Nc2cnc(-c3ccncc3NSc3ccccc3)nc2N1C1CCCC1. The van der Waals surface area contributed by atoms with Crippen LogP contribution in [0, 0.1) is 11.3 Å². The molecule has 0 spiro atoms. The second kappa shape index (κ2) is 11.7. The van der Waals surface area contributed by atoms with Crippen molar-refractivity contribution in [2.75, 3.05) is 9.62 Å². The third kappa shape index (κ3) is 5.54. The maximum Gasteiger partial charge on any atom is 0.163 e. The van der Waals surface area contributed by atoms with Gasteiger partial charge >= 0.3 is 0 Å². The lowest BCUT2D eigenvalue weighted by Gasteiger charge is -2.39. The first-order valence-corrected chi connectivity index (χ1v) is 12.7. The molecule has 0 radical (unpaired) electrons. The number of nitrogens with zero attached hydrogens (tertiary/aromatic N) is 6. The Balaban J connectivity index is 0.000000917. The summed E-state index contributed by atoms with van der Waals surface area (Å²) in [6.45, 7) is 3.59. The highest BCUT2D eigenvalue weighted by Crippen LogP contribution is 2.40. The minimum Gasteiger partial charge on any atom is -0.385 e. The highest BCUT2D eigenvalue weighted by atomic mass is 32.2. The number of nitrogens with one attached hydrogen (secondary N) is 1. The number of amidine groups is 1. The Hall–Kier alpha value is -3.64. The van der Waals surface area contributed by atoms with E-state index in [9.17, 15) is 0 Å². The Morgan fingerprint density at radius 3 is 2.63 bits per heavy atom. The summed E-state index contributed by atoms with van der Waals surface area (Å²) in [4.78, 5) is 22.2. The molecule has 35 heavy (non-hydrogen) atoms. The van der Waals surface area contributed by atoms with Crippen LogP contribution in [0.15, 0.2) is 64.9 Å². The fourth-order valence-electron chi connectivity index (χ4n) is 4.56. The number of fused-ring (bicyclic) bond motifs is 1. The lowest BCUT2D eigenvalue weighted by Crippen LogP contribution is -2.51. The van der Waals surface area contributed by atoms with Crippen molar-refractivity contribution in [1.29, 1.82) is 5.26 Å². The number of hydrogen-bond donors (Lipinski definition) is 2. The summed E-state index contributed by atoms with van der Waals surface area (Å²) >= 11 is 1.54. The van der Waals surface area contributed by atoms with Crippen molar-refractivity contribution >= 4 is 35.0 Å². The van der Waals surface area contributed by atoms with E-state index in [2.05, 4.69) is 43.6 Å². The molecule has 1 atom stereocenters. The van der Waals surface area contributed by atoms with Crippen molar-refractivity contribution in [3.8, 4) is 17.5 Å². The molecule has 180 valence electrons. The molecule has 8 nitrogen and oxygen atoms in total. The monoisotopic (exact) mass is 486 g/mol. The fraction of sp³-hybridized carbons (Fsp3) is 0.346. The number of nitrogens with two attached hydrogens (primary N) is 1. The van der Waals surface area contributed by atoms with E-state index in [-0.39, 0.29) is 6.04 Å². The van der Waals surface area contributed by atoms with Crippen LogP contribution in [0.2, 0.25) is 0 Å². The van der Waals surface area contributed by atoms with Gasteiger partial charge in [-0.2, -0.15) is 5.26 Å². The number of anilines is 2. The molecule has 2 aromatic heterocycles. The van der Waals surface area contributed by atoms with Gasteiger partial charge in [0, 0.05) is 29.6 Å². The molecule has 0 saturated heterocycles. The summed E-state index contributed by atoms with van der Waals surface area (Å²) < 4.78 is 3.41. The van der Waals surface area contributed by atoms with Crippen molar-refractivity contribution in [3.63, 3.8) is 0 Å². The molecule has 2 aliphatic rings. The molecule has 1 aliphatic carbocycles. The summed E-state index contributed by atoms with van der Waals surface area (Å²) in [5, 5.41) is 7.32. The lowest BCUT2D eigenvalue weighted by molar-refractivity contribution is 0.551. The van der Waals surface area contributed by atoms with Gasteiger partial charge in [0.05, 0.1) is 30.2 Å². The molecule has 0 bridgehead atoms. The van der Waals surface area contributed by atoms with Crippen LogP contribution in [0.3, 0.4) is 0 Å². The van der Waals surface area contributed by atoms with Crippen LogP contribution in [0.4, 0.5) is 17.2 Å². The number of aliphatic imine (C=N–C) groups is 1. The zero-order chi connectivity index (χ0) is 24.6. The lowest BCUT2D eigenvalue weighted by atomic mass is 10.0. The molecule has 0 amide bonds. The van der Waals surface area contributed by atoms with Crippen molar-refractivity contribution in [1.82, 2.24) is 15.0 Å². The van der Waals surface area contributed by atoms with Crippen LogP contribution in [-0.4, -0.2) is 32.9 Å². The number of pyridine rings is 1. The van der Waals surface area contributed by atoms with Crippen LogP contribution >= 0.6 is 11.9 Å². The van der Waals surface area contributed by atoms with Gasteiger partial charge in [-0.15, -0.1) is 0 Å². The maximum absolute atomic E-state index is 7.32. The smallest absolute Gasteiger partial charge is 0.163 e. The first-order chi connectivity index (χ1) is 17.2. The van der Waals surface area contributed by atoms with Crippen LogP contribution in [0.25, 0.3) is 11.4 Å². The van der Waals surface area contributed by atoms with Crippen LogP contribution in [0.1, 0.15) is 46.0 Å². The Morgan fingerprint density at radius 2 is 1.91 bits per heavy atom. The van der Waals surface area contributed by atoms with Crippen molar-refractivity contribution in [2.24, 2.45) is 10.7 Å². The normalized spacial score (nSPS) is 17.0. The molecule has 3 N–H and O–H groups in total. The van der Waals surface area contributed by atoms with Crippen LogP contribution in [0.5, 0.6) is 0 Å². The molecule has 3 aromatic rings. The summed E-state index contributed by atoms with van der Waals surface area (Å²) in [6.07, 6.45) is 11.1. The first-order valence-electron chi connectivity index (χ1n) is 11.9. The molecular formula is C26H30N8S. The van der Waals surface area contributed by atoms with E-state index in [0.717, 1.165) is 34.1 Å². The molecule has 1 fully saturated rings. The second-order valence-electron chi connectivity index (χ2n) is 8.37. The standard InChI is InChI=1S/C24H27N7S.C2H3N/c1-2-21-22(25)28-20-15-27-23(29-24(20)31(21)16-8-6-7-9-16)18-12-13-26-14-19(18)30-32-17-10-4-3-5-11-17;1-2-3/h3-5,10-16,21,30H,2,6-9H2,1H3,(H2,25,28);1H3/t21-;/m1./s1. The van der Waals surface area contributed by atoms with Gasteiger partial charge in [0.15, 0.2) is 11.6 Å². The van der Waals surface area contributed by atoms with Gasteiger partial charge in [0.2, 0.25) is 0 Å². The number of nitriles is 1. The van der Waals surface area contributed by atoms with E-state index < -0.39 is 0 Å². The van der Waals surface area contributed by atoms with Gasteiger partial charge in [-0.3, -0.25) is 4.98 Å². The quantitative estimate of drug-likeness (QED) is 0.425. The van der Waals surface area contributed by atoms with Crippen molar-refractivity contribution < 1.29 is 0 Å². The highest BCUT2D eigenvalue weighted by molar-refractivity contribution is 8.00. The zero-order valence-electron chi connectivity index (χ0n) is 20.1. The first kappa shape index (κ1) is 24.5. The summed E-state index contributed by atoms with van der Waals surface area (Å²) in [5.41, 5.74) is 8.90. The third-order valence-corrected chi connectivity index (χ3v) is 6.94. The number of aromatic nitrogens is 3. The minimum atomic E-state index is 0.0806. The van der Waals surface area contributed by atoms with Gasteiger partial charge in [0.1, 0.15) is 11.5 Å². The van der Waals surface area contributed by atoms with Gasteiger partial charge in [0.25, 0.3) is 0 Å². The fourth-order valence-corrected chi connectivity index (χ4v) is 5.24. The van der Waals surface area contributed by atoms with Crippen molar-refractivity contribution in [3.05, 3.63) is 55.0 Å². The average molecular weight is 487 g/mol. The van der Waals surface area contributed by atoms with E-state index in [1.807, 2.05) is 30.5 Å². The molecule has 3 heterocycles. The Morgan fingerprint density at radius 1 is 1.17 bits per heavy atom. The van der Waals surface area contributed by atoms with E-state index in [4.69, 9.17) is 16.0 Å². The van der Waals surface area contributed by atoms with Crippen LogP contribution in [-0.2, 0) is 0 Å². The average Bonchev–Trinajstić information content (AvgIpc) is 3.42. The predicted octanol–water partition coefficient (Wildman–Crippen LogP) is 5.72. The van der Waals surface area contributed by atoms with Gasteiger partial charge in [-0.25, -0.2) is 15.0 Å². The van der Waals surface area contributed by atoms with E-state index in [1.54, 1.807) is 30.4 Å². The van der Waals surface area contributed by atoms with Crippen molar-refractivity contribution in [2.45, 2.75) is 62.9 Å². The minimum absolute atomic E-state index is 0.0806. The maximum atomic E-state index is 7.32. The number of hydrogen-bond acceptors (Lipinski definition) is 9. The summed E-state index contributed by atoms with van der Waals surface area (Å²) in [7, 11) is 0. The molecular weight excluding hydrogens is 456 g/mol. The molecule has 1 saturated carbocycles. The summed E-state index contributed by atoms with van der Waals surface area (Å²) in [6, 6.07) is 14.4.